The third-order valence-electron chi connectivity index (χ3n) is 2.33. The Morgan fingerprint density at radius 3 is 1.53 bits per heavy atom. The lowest BCUT2D eigenvalue weighted by molar-refractivity contribution is 0.0301. The van der Waals surface area contributed by atoms with E-state index in [2.05, 4.69) is 13.2 Å². The Hall–Kier alpha value is -0.880. The molecule has 0 bridgehead atoms. The summed E-state index contributed by atoms with van der Waals surface area (Å²) in [5.74, 6) is 0.734. The first kappa shape index (κ1) is 16.1. The largest absolute Gasteiger partial charge is 0.462 e. The van der Waals surface area contributed by atoms with Gasteiger partial charge in [-0.05, 0) is 0 Å². The molecular formula is C12H22O5. The molecule has 2 atom stereocenters. The molecule has 0 amide bonds. The molecule has 0 saturated heterocycles. The van der Waals surface area contributed by atoms with Gasteiger partial charge in [0, 0.05) is 40.3 Å². The molecule has 0 aromatic carbocycles. The lowest BCUT2D eigenvalue weighted by atomic mass is 10.2. The van der Waals surface area contributed by atoms with Crippen LogP contribution in [0, 0.1) is 0 Å². The van der Waals surface area contributed by atoms with Crippen molar-refractivity contribution in [3.05, 3.63) is 24.7 Å². The topological polar surface area (TPSA) is 68.2 Å². The Kier molecular flexibility index (Phi) is 8.71. The second kappa shape index (κ2) is 9.18. The maximum absolute atomic E-state index is 8.83. The van der Waals surface area contributed by atoms with Gasteiger partial charge in [0.1, 0.15) is 23.7 Å². The summed E-state index contributed by atoms with van der Waals surface area (Å²) in [5.41, 5.74) is 0. The molecule has 2 unspecified atom stereocenters. The molecule has 17 heavy (non-hydrogen) atoms. The Balaban J connectivity index is 4.29. The van der Waals surface area contributed by atoms with Crippen LogP contribution in [-0.2, 0) is 14.2 Å². The molecule has 0 aromatic rings. The smallest absolute Gasteiger partial charge is 0.125 e. The van der Waals surface area contributed by atoms with Crippen molar-refractivity contribution in [2.45, 2.75) is 25.0 Å². The number of aliphatic hydroxyl groups excluding tert-OH is 2. The maximum Gasteiger partial charge on any atom is 0.125 e. The number of hydrogen-bond acceptors (Lipinski definition) is 5. The lowest BCUT2D eigenvalue weighted by Crippen LogP contribution is -2.21. The lowest BCUT2D eigenvalue weighted by Gasteiger charge is -2.22. The number of rotatable bonds is 10. The van der Waals surface area contributed by atoms with E-state index < -0.39 is 0 Å². The normalized spacial score (nSPS) is 14.1. The Morgan fingerprint density at radius 1 is 0.941 bits per heavy atom. The van der Waals surface area contributed by atoms with Crippen molar-refractivity contribution in [1.82, 2.24) is 0 Å². The van der Waals surface area contributed by atoms with Crippen LogP contribution < -0.4 is 0 Å². The van der Waals surface area contributed by atoms with Crippen molar-refractivity contribution in [1.29, 1.82) is 0 Å². The van der Waals surface area contributed by atoms with E-state index in [0.717, 1.165) is 0 Å². The molecule has 0 heterocycles. The van der Waals surface area contributed by atoms with Crippen LogP contribution in [0.1, 0.15) is 12.8 Å². The van der Waals surface area contributed by atoms with Crippen LogP contribution in [0.25, 0.3) is 0 Å². The van der Waals surface area contributed by atoms with Crippen molar-refractivity contribution < 1.29 is 24.4 Å². The SMILES string of the molecule is C=C(OC(=C)C(CCO)OC)C(CCO)OC. The molecule has 0 aromatic heterocycles. The van der Waals surface area contributed by atoms with E-state index in [9.17, 15) is 0 Å². The minimum Gasteiger partial charge on any atom is -0.462 e. The van der Waals surface area contributed by atoms with Crippen LogP contribution in [0.2, 0.25) is 0 Å². The number of hydrogen-bond donors (Lipinski definition) is 2. The zero-order valence-corrected chi connectivity index (χ0v) is 10.5. The summed E-state index contributed by atoms with van der Waals surface area (Å²) in [6.07, 6.45) is 0.0346. The highest BCUT2D eigenvalue weighted by Gasteiger charge is 2.18. The van der Waals surface area contributed by atoms with Crippen molar-refractivity contribution in [3.63, 3.8) is 0 Å². The van der Waals surface area contributed by atoms with Crippen molar-refractivity contribution >= 4 is 0 Å². The highest BCUT2D eigenvalue weighted by molar-refractivity contribution is 5.03. The van der Waals surface area contributed by atoms with Crippen molar-refractivity contribution in [2.75, 3.05) is 27.4 Å². The van der Waals surface area contributed by atoms with E-state index in [-0.39, 0.29) is 25.4 Å². The van der Waals surface area contributed by atoms with Crippen molar-refractivity contribution in [2.24, 2.45) is 0 Å². The van der Waals surface area contributed by atoms with Crippen LogP contribution in [0.3, 0.4) is 0 Å². The molecule has 0 fully saturated rings. The zero-order chi connectivity index (χ0) is 13.3. The molecule has 0 saturated carbocycles. The fourth-order valence-corrected chi connectivity index (χ4v) is 1.35. The third kappa shape index (κ3) is 5.83. The summed E-state index contributed by atoms with van der Waals surface area (Å²) in [4.78, 5) is 0. The van der Waals surface area contributed by atoms with Crippen molar-refractivity contribution in [3.8, 4) is 0 Å². The van der Waals surface area contributed by atoms with Gasteiger partial charge in [0.25, 0.3) is 0 Å². The Labute approximate surface area is 102 Å². The van der Waals surface area contributed by atoms with Gasteiger partial charge in [-0.15, -0.1) is 0 Å². The highest BCUT2D eigenvalue weighted by Crippen LogP contribution is 2.17. The Bertz CT molecular complexity index is 215. The second-order valence-electron chi connectivity index (χ2n) is 3.51. The molecule has 100 valence electrons. The molecule has 5 heteroatoms. The molecule has 0 aliphatic rings. The van der Waals surface area contributed by atoms with Gasteiger partial charge in [-0.2, -0.15) is 0 Å². The average molecular weight is 246 g/mol. The van der Waals surface area contributed by atoms with Gasteiger partial charge in [0.05, 0.1) is 0 Å². The summed E-state index contributed by atoms with van der Waals surface area (Å²) in [6.45, 7) is 7.42. The average Bonchev–Trinajstić information content (AvgIpc) is 2.32. The van der Waals surface area contributed by atoms with Crippen LogP contribution in [0.4, 0.5) is 0 Å². The first-order chi connectivity index (χ1) is 8.10. The third-order valence-corrected chi connectivity index (χ3v) is 2.33. The molecule has 0 radical (unpaired) electrons. The summed E-state index contributed by atoms with van der Waals surface area (Å²) in [6, 6.07) is 0. The highest BCUT2D eigenvalue weighted by atomic mass is 16.6. The summed E-state index contributed by atoms with van der Waals surface area (Å²) >= 11 is 0. The minimum atomic E-state index is -0.386. The fourth-order valence-electron chi connectivity index (χ4n) is 1.35. The maximum atomic E-state index is 8.83. The fraction of sp³-hybridized carbons (Fsp3) is 0.667. The van der Waals surface area contributed by atoms with Gasteiger partial charge in [-0.3, -0.25) is 0 Å². The molecular weight excluding hydrogens is 224 g/mol. The van der Waals surface area contributed by atoms with Crippen LogP contribution in [0.15, 0.2) is 24.7 Å². The van der Waals surface area contributed by atoms with E-state index >= 15 is 0 Å². The predicted molar refractivity (Wildman–Crippen MR) is 64.4 cm³/mol. The number of methoxy groups -OCH3 is 2. The van der Waals surface area contributed by atoms with E-state index in [4.69, 9.17) is 24.4 Å². The summed E-state index contributed by atoms with van der Waals surface area (Å²) in [7, 11) is 3.03. The van der Waals surface area contributed by atoms with E-state index in [1.165, 1.54) is 14.2 Å². The predicted octanol–water partition coefficient (Wildman–Crippen LogP) is 0.825. The minimum absolute atomic E-state index is 0.0162. The molecule has 0 spiro atoms. The molecule has 2 N–H and O–H groups in total. The second-order valence-corrected chi connectivity index (χ2v) is 3.51. The quantitative estimate of drug-likeness (QED) is 0.559. The van der Waals surface area contributed by atoms with Gasteiger partial charge in [0.15, 0.2) is 0 Å². The summed E-state index contributed by atoms with van der Waals surface area (Å²) < 4.78 is 15.6. The van der Waals surface area contributed by atoms with Gasteiger partial charge in [-0.1, -0.05) is 13.2 Å². The zero-order valence-electron chi connectivity index (χ0n) is 10.5. The number of ether oxygens (including phenoxy) is 3. The first-order valence-corrected chi connectivity index (χ1v) is 5.43. The first-order valence-electron chi connectivity index (χ1n) is 5.43. The van der Waals surface area contributed by atoms with Gasteiger partial charge < -0.3 is 24.4 Å². The molecule has 0 aliphatic heterocycles. The van der Waals surface area contributed by atoms with Crippen LogP contribution >= 0.6 is 0 Å². The Morgan fingerprint density at radius 2 is 1.29 bits per heavy atom. The van der Waals surface area contributed by atoms with E-state index in [0.29, 0.717) is 24.4 Å². The van der Waals surface area contributed by atoms with E-state index in [1.807, 2.05) is 0 Å². The molecule has 0 aliphatic carbocycles. The molecule has 0 rings (SSSR count). The monoisotopic (exact) mass is 246 g/mol. The summed E-state index contributed by atoms with van der Waals surface area (Å²) in [5, 5.41) is 17.7. The van der Waals surface area contributed by atoms with Crippen LogP contribution in [-0.4, -0.2) is 49.9 Å². The van der Waals surface area contributed by atoms with Gasteiger partial charge in [-0.25, -0.2) is 0 Å². The number of aliphatic hydroxyl groups is 2. The van der Waals surface area contributed by atoms with Gasteiger partial charge >= 0.3 is 0 Å². The standard InChI is InChI=1S/C12H22O5/c1-9(11(15-3)5-7-13)17-10(2)12(16-4)6-8-14/h11-14H,1-2,5-8H2,3-4H3. The van der Waals surface area contributed by atoms with Gasteiger partial charge in [0.2, 0.25) is 0 Å². The van der Waals surface area contributed by atoms with E-state index in [1.54, 1.807) is 0 Å². The molecule has 5 nitrogen and oxygen atoms in total. The van der Waals surface area contributed by atoms with Crippen LogP contribution in [0.5, 0.6) is 0 Å².